The number of benzene rings is 1. The third-order valence-corrected chi connectivity index (χ3v) is 12.4. The van der Waals surface area contributed by atoms with E-state index in [0.29, 0.717) is 50.4 Å². The molecule has 4 aromatic rings. The Bertz CT molecular complexity index is 2230. The lowest BCUT2D eigenvalue weighted by molar-refractivity contribution is -0.155. The quantitative estimate of drug-likeness (QED) is 0.160. The number of aryl methyl sites for hydroxylation is 1. The second kappa shape index (κ2) is 17.7. The maximum Gasteiger partial charge on any atom is 0.324 e. The minimum Gasteiger partial charge on any atom is -0.464 e. The summed E-state index contributed by atoms with van der Waals surface area (Å²) in [5, 5.41) is 8.16. The number of esters is 1. The minimum atomic E-state index is -0.966. The van der Waals surface area contributed by atoms with Gasteiger partial charge in [-0.1, -0.05) is 33.4 Å². The van der Waals surface area contributed by atoms with E-state index in [0.717, 1.165) is 44.7 Å². The standard InChI is InChI=1S/C44H55N7O7S/c1-8-38(52)49-21-29(22-49)57-23-26(3)41(53)47-34-19-37-46-35(24-59-37)28-14-15-36-31(18-28)32(40(50(36)9-2)30-12-10-16-45-39(30)27(4)56-7)20-44(5,6)25-58-43(55)33-13-11-17-51(48-33)42(34)54/h8,10,12,14-16,18,24,26-27,29,33-34,48H,1,9,11,13,17,19-23,25H2,2-7H3,(H,47,53)/t26?,27-,33-,34-/m0/s1. The van der Waals surface area contributed by atoms with Crippen LogP contribution in [0.3, 0.4) is 0 Å². The van der Waals surface area contributed by atoms with Crippen LogP contribution in [0, 0.1) is 11.3 Å². The molecule has 14 nitrogen and oxygen atoms in total. The molecule has 3 aliphatic heterocycles. The van der Waals surface area contributed by atoms with E-state index in [4.69, 9.17) is 24.2 Å². The molecule has 314 valence electrons. The van der Waals surface area contributed by atoms with Crippen LogP contribution >= 0.6 is 11.3 Å². The van der Waals surface area contributed by atoms with E-state index in [1.54, 1.807) is 25.1 Å². The highest BCUT2D eigenvalue weighted by Gasteiger charge is 2.37. The summed E-state index contributed by atoms with van der Waals surface area (Å²) in [4.78, 5) is 64.9. The molecular formula is C44H55N7O7S. The van der Waals surface area contributed by atoms with Gasteiger partial charge in [-0.15, -0.1) is 11.3 Å². The maximum atomic E-state index is 14.3. The largest absolute Gasteiger partial charge is 0.464 e. The number of carbonyl (C=O) groups excluding carboxylic acids is 4. The Morgan fingerprint density at radius 3 is 2.75 bits per heavy atom. The number of rotatable bonds is 10. The highest BCUT2D eigenvalue weighted by molar-refractivity contribution is 7.10. The lowest BCUT2D eigenvalue weighted by Crippen LogP contribution is -2.61. The zero-order valence-electron chi connectivity index (χ0n) is 34.8. The molecule has 1 aromatic carbocycles. The molecule has 59 heavy (non-hydrogen) atoms. The summed E-state index contributed by atoms with van der Waals surface area (Å²) in [6.45, 7) is 15.8. The number of hydrogen-bond donors (Lipinski definition) is 2. The zero-order chi connectivity index (χ0) is 42.0. The molecule has 15 heteroatoms. The molecule has 1 unspecified atom stereocenters. The van der Waals surface area contributed by atoms with E-state index >= 15 is 0 Å². The number of fused-ring (bicyclic) bond motifs is 6. The fourth-order valence-corrected chi connectivity index (χ4v) is 8.94. The lowest BCUT2D eigenvalue weighted by Gasteiger charge is -2.38. The molecule has 3 amide bonds. The first-order valence-corrected chi connectivity index (χ1v) is 21.3. The van der Waals surface area contributed by atoms with Crippen LogP contribution in [-0.4, -0.2) is 106 Å². The molecule has 3 aliphatic rings. The number of amides is 3. The van der Waals surface area contributed by atoms with Crippen molar-refractivity contribution in [1.29, 1.82) is 0 Å². The number of hydrazine groups is 1. The van der Waals surface area contributed by atoms with Crippen molar-refractivity contribution in [3.63, 3.8) is 0 Å². The number of pyridine rings is 1. The van der Waals surface area contributed by atoms with Crippen molar-refractivity contribution < 1.29 is 33.4 Å². The Labute approximate surface area is 349 Å². The van der Waals surface area contributed by atoms with Crippen molar-refractivity contribution in [3.8, 4) is 22.5 Å². The van der Waals surface area contributed by atoms with Gasteiger partial charge in [0.1, 0.15) is 12.1 Å². The van der Waals surface area contributed by atoms with Crippen LogP contribution in [0.25, 0.3) is 33.4 Å². The number of nitrogens with zero attached hydrogens (tertiary/aromatic N) is 5. The molecular weight excluding hydrogens is 771 g/mol. The molecule has 0 aliphatic carbocycles. The van der Waals surface area contributed by atoms with Gasteiger partial charge in [-0.25, -0.2) is 10.4 Å². The summed E-state index contributed by atoms with van der Waals surface area (Å²) in [5.41, 5.74) is 9.41. The van der Waals surface area contributed by atoms with E-state index in [-0.39, 0.29) is 49.6 Å². The van der Waals surface area contributed by atoms with Crippen molar-refractivity contribution in [2.24, 2.45) is 11.3 Å². The predicted molar refractivity (Wildman–Crippen MR) is 225 cm³/mol. The van der Waals surface area contributed by atoms with Crippen molar-refractivity contribution in [1.82, 2.24) is 35.2 Å². The molecule has 7 rings (SSSR count). The van der Waals surface area contributed by atoms with Crippen LogP contribution in [-0.2, 0) is 52.8 Å². The third kappa shape index (κ3) is 8.98. The Kier molecular flexibility index (Phi) is 12.7. The number of carbonyl (C=O) groups is 4. The Balaban J connectivity index is 1.24. The first kappa shape index (κ1) is 42.2. The van der Waals surface area contributed by atoms with Crippen LogP contribution < -0.4 is 10.7 Å². The van der Waals surface area contributed by atoms with Gasteiger partial charge in [0.15, 0.2) is 0 Å². The molecule has 2 saturated heterocycles. The van der Waals surface area contributed by atoms with Gasteiger partial charge in [0.05, 0.1) is 53.4 Å². The number of likely N-dealkylation sites (tertiary alicyclic amines) is 1. The van der Waals surface area contributed by atoms with E-state index in [1.165, 1.54) is 22.4 Å². The summed E-state index contributed by atoms with van der Waals surface area (Å²) < 4.78 is 20.1. The summed E-state index contributed by atoms with van der Waals surface area (Å²) in [7, 11) is 1.69. The van der Waals surface area contributed by atoms with E-state index in [2.05, 4.69) is 66.9 Å². The first-order chi connectivity index (χ1) is 28.3. The molecule has 0 radical (unpaired) electrons. The van der Waals surface area contributed by atoms with Crippen molar-refractivity contribution in [3.05, 3.63) is 70.8 Å². The van der Waals surface area contributed by atoms with Crippen LogP contribution in [0.1, 0.15) is 69.8 Å². The number of aromatic nitrogens is 3. The fourth-order valence-electron chi connectivity index (χ4n) is 8.09. The minimum absolute atomic E-state index is 0.126. The van der Waals surface area contributed by atoms with E-state index in [1.807, 2.05) is 18.4 Å². The zero-order valence-corrected chi connectivity index (χ0v) is 35.6. The van der Waals surface area contributed by atoms with Crippen molar-refractivity contribution >= 4 is 45.9 Å². The highest BCUT2D eigenvalue weighted by atomic mass is 32.1. The Hall–Kier alpha value is -4.96. The number of methoxy groups -OCH3 is 1. The molecule has 2 N–H and O–H groups in total. The molecule has 6 bridgehead atoms. The second-order valence-electron chi connectivity index (χ2n) is 16.6. The maximum absolute atomic E-state index is 14.3. The topological polar surface area (TPSA) is 157 Å². The predicted octanol–water partition coefficient (Wildman–Crippen LogP) is 5.25. The van der Waals surface area contributed by atoms with Crippen LogP contribution in [0.15, 0.2) is 54.6 Å². The van der Waals surface area contributed by atoms with Gasteiger partial charge in [-0.05, 0) is 69.0 Å². The fraction of sp³-hybridized carbons (Fsp3) is 0.500. The van der Waals surface area contributed by atoms with Crippen molar-refractivity contribution in [2.45, 2.75) is 91.1 Å². The highest BCUT2D eigenvalue weighted by Crippen LogP contribution is 2.42. The van der Waals surface area contributed by atoms with Gasteiger partial charge in [-0.3, -0.25) is 29.2 Å². The average Bonchev–Trinajstić information content (AvgIpc) is 3.82. The normalized spacial score (nSPS) is 21.0. The smallest absolute Gasteiger partial charge is 0.324 e. The van der Waals surface area contributed by atoms with E-state index in [9.17, 15) is 19.2 Å². The second-order valence-corrected chi connectivity index (χ2v) is 17.5. The van der Waals surface area contributed by atoms with Gasteiger partial charge < -0.3 is 29.0 Å². The number of cyclic esters (lactones) is 1. The van der Waals surface area contributed by atoms with E-state index < -0.39 is 29.4 Å². The molecule has 0 spiro atoms. The van der Waals surface area contributed by atoms with Crippen LogP contribution in [0.2, 0.25) is 0 Å². The third-order valence-electron chi connectivity index (χ3n) is 11.5. The molecule has 0 saturated carbocycles. The SMILES string of the molecule is C=CC(=O)N1CC(OCC(C)C(=O)N[C@H]2Cc3nc(cs3)-c3ccc4c(c3)c(c(-c3cccnc3[C@H](C)OC)n4CC)CC(C)(C)COC(=O)[C@@H]3CCCN(N3)C2=O)C1. The first-order valence-electron chi connectivity index (χ1n) is 20.5. The molecule has 2 fully saturated rings. The summed E-state index contributed by atoms with van der Waals surface area (Å²) in [6, 6.07) is 8.74. The Morgan fingerprint density at radius 2 is 2.00 bits per heavy atom. The number of nitrogens with one attached hydrogen (secondary N) is 2. The lowest BCUT2D eigenvalue weighted by atomic mass is 9.84. The number of ether oxygens (including phenoxy) is 3. The molecule has 6 heterocycles. The summed E-state index contributed by atoms with van der Waals surface area (Å²) >= 11 is 1.43. The van der Waals surface area contributed by atoms with Gasteiger partial charge in [0.2, 0.25) is 11.8 Å². The van der Waals surface area contributed by atoms with Gasteiger partial charge in [-0.2, -0.15) is 0 Å². The number of thiazole rings is 1. The summed E-state index contributed by atoms with van der Waals surface area (Å²) in [6.07, 6.45) is 4.48. The number of hydrogen-bond acceptors (Lipinski definition) is 11. The monoisotopic (exact) mass is 825 g/mol. The summed E-state index contributed by atoms with van der Waals surface area (Å²) in [5.74, 6) is -1.87. The van der Waals surface area contributed by atoms with Gasteiger partial charge in [0.25, 0.3) is 5.91 Å². The average molecular weight is 826 g/mol. The Morgan fingerprint density at radius 1 is 1.20 bits per heavy atom. The van der Waals surface area contributed by atoms with Gasteiger partial charge >= 0.3 is 5.97 Å². The van der Waals surface area contributed by atoms with Crippen LogP contribution in [0.4, 0.5) is 0 Å². The van der Waals surface area contributed by atoms with Gasteiger partial charge in [0, 0.05) is 78.7 Å². The van der Waals surface area contributed by atoms with Crippen molar-refractivity contribution in [2.75, 3.05) is 40.0 Å². The van der Waals surface area contributed by atoms with Crippen LogP contribution in [0.5, 0.6) is 0 Å². The molecule has 3 aromatic heterocycles. The molecule has 4 atom stereocenters.